The summed E-state index contributed by atoms with van der Waals surface area (Å²) in [5.74, 6) is -0.278. The van der Waals surface area contributed by atoms with Crippen molar-refractivity contribution in [3.63, 3.8) is 0 Å². The van der Waals surface area contributed by atoms with Crippen LogP contribution in [0, 0.1) is 5.92 Å². The zero-order chi connectivity index (χ0) is 12.3. The lowest BCUT2D eigenvalue weighted by Crippen LogP contribution is -2.16. The number of ether oxygens (including phenoxy) is 1. The predicted octanol–water partition coefficient (Wildman–Crippen LogP) is 2.06. The molecular weight excluding hydrogens is 206 g/mol. The fraction of sp³-hybridized carbons (Fsp3) is 0.500. The Balaban J connectivity index is 2.87. The van der Waals surface area contributed by atoms with Crippen molar-refractivity contribution in [3.8, 4) is 0 Å². The molecule has 1 aromatic rings. The Morgan fingerprint density at radius 2 is 1.94 bits per heavy atom. The van der Waals surface area contributed by atoms with Gasteiger partial charge in [0.2, 0.25) is 0 Å². The lowest BCUT2D eigenvalue weighted by atomic mass is 10.0. The second-order valence-electron chi connectivity index (χ2n) is 4.07. The standard InChI is InChI=1S/C12H17NO3/c1-8(2)11(14)10-5-6-13(7-10)9(3)12(15)16-4/h5-9H,1-4H3/t9-/m0/s1. The Labute approximate surface area is 95.2 Å². The van der Waals surface area contributed by atoms with E-state index in [0.717, 1.165) is 0 Å². The number of carbonyl (C=O) groups is 2. The minimum absolute atomic E-state index is 0.0377. The number of hydrogen-bond acceptors (Lipinski definition) is 3. The van der Waals surface area contributed by atoms with Crippen LogP contribution in [0.5, 0.6) is 0 Å². The maximum atomic E-state index is 11.7. The summed E-state index contributed by atoms with van der Waals surface area (Å²) in [6, 6.07) is 1.32. The SMILES string of the molecule is COC(=O)[C@H](C)n1ccc(C(=O)C(C)C)c1. The monoisotopic (exact) mass is 223 g/mol. The van der Waals surface area contributed by atoms with Gasteiger partial charge < -0.3 is 9.30 Å². The predicted molar refractivity (Wildman–Crippen MR) is 60.3 cm³/mol. The summed E-state index contributed by atoms with van der Waals surface area (Å²) in [6.45, 7) is 5.43. The average molecular weight is 223 g/mol. The third-order valence-electron chi connectivity index (χ3n) is 2.51. The third kappa shape index (κ3) is 2.51. The lowest BCUT2D eigenvalue weighted by Gasteiger charge is -2.10. The lowest BCUT2D eigenvalue weighted by molar-refractivity contribution is -0.144. The van der Waals surface area contributed by atoms with E-state index in [1.54, 1.807) is 30.0 Å². The molecule has 0 fully saturated rings. The van der Waals surface area contributed by atoms with Gasteiger partial charge in [0, 0.05) is 23.9 Å². The van der Waals surface area contributed by atoms with Crippen LogP contribution in [-0.4, -0.2) is 23.4 Å². The smallest absolute Gasteiger partial charge is 0.328 e. The van der Waals surface area contributed by atoms with Crippen molar-refractivity contribution in [3.05, 3.63) is 24.0 Å². The molecule has 0 aromatic carbocycles. The first-order valence-electron chi connectivity index (χ1n) is 5.27. The number of esters is 1. The van der Waals surface area contributed by atoms with Crippen LogP contribution in [0.4, 0.5) is 0 Å². The number of carbonyl (C=O) groups excluding carboxylic acids is 2. The maximum absolute atomic E-state index is 11.7. The number of methoxy groups -OCH3 is 1. The summed E-state index contributed by atoms with van der Waals surface area (Å²) in [7, 11) is 1.35. The average Bonchev–Trinajstić information content (AvgIpc) is 2.74. The molecular formula is C12H17NO3. The molecule has 1 heterocycles. The van der Waals surface area contributed by atoms with Gasteiger partial charge in [-0.3, -0.25) is 4.79 Å². The van der Waals surface area contributed by atoms with Gasteiger partial charge in [-0.2, -0.15) is 0 Å². The summed E-state index contributed by atoms with van der Waals surface area (Å²) >= 11 is 0. The van der Waals surface area contributed by atoms with Crippen LogP contribution >= 0.6 is 0 Å². The Morgan fingerprint density at radius 3 is 2.44 bits per heavy atom. The molecule has 4 nitrogen and oxygen atoms in total. The van der Waals surface area contributed by atoms with Crippen LogP contribution in [0.15, 0.2) is 18.5 Å². The Bertz CT molecular complexity index is 393. The van der Waals surface area contributed by atoms with Crippen molar-refractivity contribution >= 4 is 11.8 Å². The highest BCUT2D eigenvalue weighted by molar-refractivity contribution is 5.97. The molecule has 0 bridgehead atoms. The van der Waals surface area contributed by atoms with E-state index in [0.29, 0.717) is 5.56 Å². The first-order chi connectivity index (χ1) is 7.47. The first kappa shape index (κ1) is 12.5. The van der Waals surface area contributed by atoms with Gasteiger partial charge in [0.1, 0.15) is 6.04 Å². The molecule has 0 amide bonds. The highest BCUT2D eigenvalue weighted by Gasteiger charge is 2.17. The van der Waals surface area contributed by atoms with E-state index in [1.807, 2.05) is 13.8 Å². The largest absolute Gasteiger partial charge is 0.467 e. The molecule has 4 heteroatoms. The summed E-state index contributed by atoms with van der Waals surface area (Å²) in [6.07, 6.45) is 3.40. The van der Waals surface area contributed by atoms with Crippen molar-refractivity contribution in [1.29, 1.82) is 0 Å². The molecule has 16 heavy (non-hydrogen) atoms. The van der Waals surface area contributed by atoms with Crippen molar-refractivity contribution in [1.82, 2.24) is 4.57 Å². The van der Waals surface area contributed by atoms with Crippen LogP contribution in [-0.2, 0) is 9.53 Å². The molecule has 1 aromatic heterocycles. The highest BCUT2D eigenvalue weighted by atomic mass is 16.5. The van der Waals surface area contributed by atoms with Gasteiger partial charge in [0.05, 0.1) is 7.11 Å². The minimum Gasteiger partial charge on any atom is -0.467 e. The molecule has 1 rings (SSSR count). The van der Waals surface area contributed by atoms with E-state index in [2.05, 4.69) is 4.74 Å². The number of aromatic nitrogens is 1. The summed E-state index contributed by atoms with van der Waals surface area (Å²) < 4.78 is 6.32. The number of rotatable bonds is 4. The second kappa shape index (κ2) is 4.96. The molecule has 0 spiro atoms. The van der Waals surface area contributed by atoms with Crippen LogP contribution in [0.1, 0.15) is 37.2 Å². The van der Waals surface area contributed by atoms with Crippen molar-refractivity contribution < 1.29 is 14.3 Å². The number of Topliss-reactive ketones (excluding diaryl/α,β-unsaturated/α-hetero) is 1. The Kier molecular flexibility index (Phi) is 3.88. The van der Waals surface area contributed by atoms with Gasteiger partial charge in [0.25, 0.3) is 0 Å². The van der Waals surface area contributed by atoms with Gasteiger partial charge >= 0.3 is 5.97 Å². The molecule has 0 aliphatic heterocycles. The van der Waals surface area contributed by atoms with E-state index in [9.17, 15) is 9.59 Å². The van der Waals surface area contributed by atoms with Crippen LogP contribution in [0.2, 0.25) is 0 Å². The Hall–Kier alpha value is -1.58. The highest BCUT2D eigenvalue weighted by Crippen LogP contribution is 2.14. The minimum atomic E-state index is -0.404. The molecule has 0 saturated heterocycles. The van der Waals surface area contributed by atoms with Crippen molar-refractivity contribution in [2.75, 3.05) is 7.11 Å². The van der Waals surface area contributed by atoms with Gasteiger partial charge in [0.15, 0.2) is 5.78 Å². The first-order valence-corrected chi connectivity index (χ1v) is 5.27. The molecule has 1 atom stereocenters. The van der Waals surface area contributed by atoms with E-state index in [4.69, 9.17) is 0 Å². The van der Waals surface area contributed by atoms with E-state index in [1.165, 1.54) is 7.11 Å². The summed E-state index contributed by atoms with van der Waals surface area (Å²) in [5, 5.41) is 0. The van der Waals surface area contributed by atoms with Crippen LogP contribution < -0.4 is 0 Å². The fourth-order valence-electron chi connectivity index (χ4n) is 1.43. The fourth-order valence-corrected chi connectivity index (χ4v) is 1.43. The quantitative estimate of drug-likeness (QED) is 0.580. The zero-order valence-electron chi connectivity index (χ0n) is 10.1. The summed E-state index contributed by atoms with van der Waals surface area (Å²) in [4.78, 5) is 23.0. The number of ketones is 1. The topological polar surface area (TPSA) is 48.3 Å². The summed E-state index contributed by atoms with van der Waals surface area (Å²) in [5.41, 5.74) is 0.630. The number of hydrogen-bond donors (Lipinski definition) is 0. The molecule has 0 saturated carbocycles. The third-order valence-corrected chi connectivity index (χ3v) is 2.51. The van der Waals surface area contributed by atoms with Gasteiger partial charge in [-0.05, 0) is 13.0 Å². The van der Waals surface area contributed by atoms with Gasteiger partial charge in [-0.25, -0.2) is 4.79 Å². The second-order valence-corrected chi connectivity index (χ2v) is 4.07. The van der Waals surface area contributed by atoms with Crippen molar-refractivity contribution in [2.45, 2.75) is 26.8 Å². The maximum Gasteiger partial charge on any atom is 0.328 e. The molecule has 0 aliphatic carbocycles. The molecule has 0 aliphatic rings. The molecule has 0 unspecified atom stereocenters. The van der Waals surface area contributed by atoms with Gasteiger partial charge in [-0.1, -0.05) is 13.8 Å². The molecule has 0 radical (unpaired) electrons. The van der Waals surface area contributed by atoms with Crippen LogP contribution in [0.3, 0.4) is 0 Å². The van der Waals surface area contributed by atoms with Gasteiger partial charge in [-0.15, -0.1) is 0 Å². The number of nitrogens with zero attached hydrogens (tertiary/aromatic N) is 1. The molecule has 0 N–H and O–H groups in total. The molecule has 88 valence electrons. The van der Waals surface area contributed by atoms with Crippen molar-refractivity contribution in [2.24, 2.45) is 5.92 Å². The van der Waals surface area contributed by atoms with E-state index < -0.39 is 6.04 Å². The van der Waals surface area contributed by atoms with Crippen LogP contribution in [0.25, 0.3) is 0 Å². The van der Waals surface area contributed by atoms with E-state index in [-0.39, 0.29) is 17.7 Å². The van der Waals surface area contributed by atoms with E-state index >= 15 is 0 Å². The normalized spacial score (nSPS) is 12.6. The Morgan fingerprint density at radius 1 is 1.31 bits per heavy atom. The zero-order valence-corrected chi connectivity index (χ0v) is 10.1.